The van der Waals surface area contributed by atoms with Crippen molar-refractivity contribution in [2.75, 3.05) is 13.2 Å². The molecular weight excluding hydrogens is 188 g/mol. The van der Waals surface area contributed by atoms with Gasteiger partial charge in [0.1, 0.15) is 6.61 Å². The number of nitrogens with zero attached hydrogens (tertiary/aromatic N) is 1. The highest BCUT2D eigenvalue weighted by Gasteiger charge is 2.32. The van der Waals surface area contributed by atoms with Crippen molar-refractivity contribution < 1.29 is 4.74 Å². The Hall–Kier alpha value is -0.730. The number of hydrogen-bond acceptors (Lipinski definition) is 3. The Labute approximate surface area is 92.3 Å². The molecule has 0 radical (unpaired) electrons. The second-order valence-corrected chi connectivity index (χ2v) is 4.75. The van der Waals surface area contributed by atoms with Gasteiger partial charge in [-0.3, -0.25) is 0 Å². The summed E-state index contributed by atoms with van der Waals surface area (Å²) in [5, 5.41) is 3.56. The van der Waals surface area contributed by atoms with E-state index in [4.69, 9.17) is 4.74 Å². The average molecular weight is 210 g/mol. The van der Waals surface area contributed by atoms with Gasteiger partial charge in [0.05, 0.1) is 6.54 Å². The van der Waals surface area contributed by atoms with Crippen molar-refractivity contribution in [3.63, 3.8) is 0 Å². The van der Waals surface area contributed by atoms with E-state index in [2.05, 4.69) is 17.2 Å². The van der Waals surface area contributed by atoms with Crippen LogP contribution in [0.2, 0.25) is 0 Å². The smallest absolute Gasteiger partial charge is 0.285 e. The molecule has 0 amide bonds. The summed E-state index contributed by atoms with van der Waals surface area (Å²) in [7, 11) is 0. The highest BCUT2D eigenvalue weighted by Crippen LogP contribution is 2.32. The molecule has 3 nitrogen and oxygen atoms in total. The number of amidine groups is 1. The van der Waals surface area contributed by atoms with Crippen LogP contribution in [-0.4, -0.2) is 24.7 Å². The monoisotopic (exact) mass is 210 g/mol. The standard InChI is InChI=1S/C12H22N2O/c1-2-6-12(7-4-3-5-8-12)14-11-13-9-10-15-11/h2-10H2,1H3,(H,13,14). The van der Waals surface area contributed by atoms with E-state index in [0.717, 1.165) is 19.2 Å². The molecule has 0 spiro atoms. The maximum absolute atomic E-state index is 5.47. The van der Waals surface area contributed by atoms with Crippen LogP contribution in [0.25, 0.3) is 0 Å². The third kappa shape index (κ3) is 2.64. The van der Waals surface area contributed by atoms with E-state index in [0.29, 0.717) is 0 Å². The Balaban J connectivity index is 1.97. The van der Waals surface area contributed by atoms with Crippen molar-refractivity contribution in [3.05, 3.63) is 0 Å². The van der Waals surface area contributed by atoms with Crippen LogP contribution in [0.3, 0.4) is 0 Å². The Kier molecular flexibility index (Phi) is 3.49. The Morgan fingerprint density at radius 3 is 2.73 bits per heavy atom. The number of nitrogens with one attached hydrogen (secondary N) is 1. The van der Waals surface area contributed by atoms with Crippen molar-refractivity contribution >= 4 is 6.02 Å². The fraction of sp³-hybridized carbons (Fsp3) is 0.917. The lowest BCUT2D eigenvalue weighted by Gasteiger charge is -2.38. The predicted molar refractivity (Wildman–Crippen MR) is 62.1 cm³/mol. The molecule has 1 N–H and O–H groups in total. The summed E-state index contributed by atoms with van der Waals surface area (Å²) < 4.78 is 5.47. The van der Waals surface area contributed by atoms with Crippen molar-refractivity contribution in [2.45, 2.75) is 57.4 Å². The third-order valence-corrected chi connectivity index (χ3v) is 3.50. The summed E-state index contributed by atoms with van der Waals surface area (Å²) in [5.74, 6) is 0. The molecule has 1 heterocycles. The van der Waals surface area contributed by atoms with Gasteiger partial charge in [-0.2, -0.15) is 0 Å². The van der Waals surface area contributed by atoms with Crippen LogP contribution in [0.1, 0.15) is 51.9 Å². The van der Waals surface area contributed by atoms with Gasteiger partial charge in [0.2, 0.25) is 0 Å². The maximum atomic E-state index is 5.47. The lowest BCUT2D eigenvalue weighted by atomic mass is 9.79. The first-order chi connectivity index (χ1) is 7.35. The second kappa shape index (κ2) is 4.86. The molecule has 1 aliphatic carbocycles. The zero-order valence-electron chi connectivity index (χ0n) is 9.72. The van der Waals surface area contributed by atoms with E-state index in [9.17, 15) is 0 Å². The highest BCUT2D eigenvalue weighted by atomic mass is 16.5. The summed E-state index contributed by atoms with van der Waals surface area (Å²) in [5.41, 5.74) is 0.288. The van der Waals surface area contributed by atoms with Crippen LogP contribution in [0.5, 0.6) is 0 Å². The normalized spacial score (nSPS) is 24.5. The molecule has 0 aromatic carbocycles. The van der Waals surface area contributed by atoms with Gasteiger partial charge >= 0.3 is 0 Å². The van der Waals surface area contributed by atoms with Gasteiger partial charge in [-0.1, -0.05) is 32.6 Å². The Bertz CT molecular complexity index is 226. The van der Waals surface area contributed by atoms with Gasteiger partial charge in [0.25, 0.3) is 6.02 Å². The number of hydrogen-bond donors (Lipinski definition) is 1. The average Bonchev–Trinajstić information content (AvgIpc) is 2.72. The van der Waals surface area contributed by atoms with Gasteiger partial charge in [-0.25, -0.2) is 4.99 Å². The van der Waals surface area contributed by atoms with Crippen LogP contribution in [0.4, 0.5) is 0 Å². The van der Waals surface area contributed by atoms with E-state index < -0.39 is 0 Å². The molecule has 15 heavy (non-hydrogen) atoms. The molecule has 0 bridgehead atoms. The first-order valence-corrected chi connectivity index (χ1v) is 6.30. The van der Waals surface area contributed by atoms with E-state index in [1.54, 1.807) is 0 Å². The zero-order chi connectivity index (χ0) is 10.6. The van der Waals surface area contributed by atoms with Crippen LogP contribution >= 0.6 is 0 Å². The van der Waals surface area contributed by atoms with E-state index in [1.165, 1.54) is 44.9 Å². The molecule has 2 rings (SSSR count). The minimum Gasteiger partial charge on any atom is -0.463 e. The van der Waals surface area contributed by atoms with Crippen molar-refractivity contribution in [2.24, 2.45) is 4.99 Å². The van der Waals surface area contributed by atoms with E-state index in [-0.39, 0.29) is 5.54 Å². The van der Waals surface area contributed by atoms with E-state index >= 15 is 0 Å². The van der Waals surface area contributed by atoms with Crippen LogP contribution in [0.15, 0.2) is 4.99 Å². The second-order valence-electron chi connectivity index (χ2n) is 4.75. The molecule has 0 saturated heterocycles. The van der Waals surface area contributed by atoms with Crippen molar-refractivity contribution in [3.8, 4) is 0 Å². The van der Waals surface area contributed by atoms with Gasteiger partial charge in [0, 0.05) is 5.54 Å². The molecule has 0 aromatic rings. The zero-order valence-corrected chi connectivity index (χ0v) is 9.72. The lowest BCUT2D eigenvalue weighted by molar-refractivity contribution is 0.222. The van der Waals surface area contributed by atoms with Crippen molar-refractivity contribution in [1.29, 1.82) is 0 Å². The minimum atomic E-state index is 0.288. The molecule has 1 fully saturated rings. The van der Waals surface area contributed by atoms with Gasteiger partial charge in [0.15, 0.2) is 0 Å². The third-order valence-electron chi connectivity index (χ3n) is 3.50. The first kappa shape index (κ1) is 10.8. The minimum absolute atomic E-state index is 0.288. The maximum Gasteiger partial charge on any atom is 0.285 e. The molecule has 0 aromatic heterocycles. The molecule has 2 aliphatic rings. The predicted octanol–water partition coefficient (Wildman–Crippen LogP) is 2.47. The molecule has 3 heteroatoms. The summed E-state index contributed by atoms with van der Waals surface area (Å²) in [6.45, 7) is 3.84. The Morgan fingerprint density at radius 2 is 2.13 bits per heavy atom. The summed E-state index contributed by atoms with van der Waals surface area (Å²) in [6, 6.07) is 0.797. The molecule has 1 saturated carbocycles. The number of rotatable bonds is 3. The van der Waals surface area contributed by atoms with Crippen LogP contribution < -0.4 is 5.32 Å². The lowest BCUT2D eigenvalue weighted by Crippen LogP contribution is -2.49. The molecule has 0 unspecified atom stereocenters. The molecule has 0 atom stereocenters. The fourth-order valence-corrected chi connectivity index (χ4v) is 2.78. The van der Waals surface area contributed by atoms with Crippen molar-refractivity contribution in [1.82, 2.24) is 5.32 Å². The Morgan fingerprint density at radius 1 is 1.33 bits per heavy atom. The molecule has 86 valence electrons. The summed E-state index contributed by atoms with van der Waals surface area (Å²) in [4.78, 5) is 4.34. The highest BCUT2D eigenvalue weighted by molar-refractivity contribution is 5.75. The summed E-state index contributed by atoms with van der Waals surface area (Å²) >= 11 is 0. The first-order valence-electron chi connectivity index (χ1n) is 6.30. The largest absolute Gasteiger partial charge is 0.463 e. The van der Waals surface area contributed by atoms with Gasteiger partial charge in [-0.05, 0) is 19.3 Å². The van der Waals surface area contributed by atoms with Crippen LogP contribution in [0, 0.1) is 0 Å². The quantitative estimate of drug-likeness (QED) is 0.776. The van der Waals surface area contributed by atoms with E-state index in [1.807, 2.05) is 0 Å². The SMILES string of the molecule is CCCC1(NC2=NCCO2)CCCCC1. The van der Waals surface area contributed by atoms with Gasteiger partial charge < -0.3 is 10.1 Å². The number of ether oxygens (including phenoxy) is 1. The van der Waals surface area contributed by atoms with Gasteiger partial charge in [-0.15, -0.1) is 0 Å². The topological polar surface area (TPSA) is 33.6 Å². The number of aliphatic imine (C=N–C) groups is 1. The van der Waals surface area contributed by atoms with Crippen LogP contribution in [-0.2, 0) is 4.74 Å². The fourth-order valence-electron chi connectivity index (χ4n) is 2.78. The summed E-state index contributed by atoms with van der Waals surface area (Å²) in [6.07, 6.45) is 9.13. The molecular formula is C12H22N2O. The molecule has 1 aliphatic heterocycles.